The van der Waals surface area contributed by atoms with Gasteiger partial charge in [0.1, 0.15) is 24.7 Å². The van der Waals surface area contributed by atoms with Crippen LogP contribution < -0.4 is 9.47 Å². The minimum absolute atomic E-state index is 0.268. The average molecular weight is 435 g/mol. The predicted octanol–water partition coefficient (Wildman–Crippen LogP) is 5.08. The molecule has 0 fully saturated rings. The number of hydrogen-bond acceptors (Lipinski definition) is 6. The Hall–Kier alpha value is -4.52. The Kier molecular flexibility index (Phi) is 6.02. The van der Waals surface area contributed by atoms with Gasteiger partial charge in [-0.05, 0) is 46.3 Å². The molecular formula is C26H21N5O2. The lowest BCUT2D eigenvalue weighted by Crippen LogP contribution is -1.99. The fourth-order valence-electron chi connectivity index (χ4n) is 3.38. The Morgan fingerprint density at radius 1 is 0.788 bits per heavy atom. The van der Waals surface area contributed by atoms with Gasteiger partial charge < -0.3 is 9.47 Å². The molecule has 162 valence electrons. The molecule has 0 aliphatic rings. The summed E-state index contributed by atoms with van der Waals surface area (Å²) in [6.07, 6.45) is 4.04. The van der Waals surface area contributed by atoms with E-state index in [0.717, 1.165) is 39.2 Å². The molecule has 0 saturated heterocycles. The number of para-hydroxylation sites is 2. The van der Waals surface area contributed by atoms with E-state index in [1.807, 2.05) is 84.9 Å². The first kappa shape index (κ1) is 20.4. The van der Waals surface area contributed by atoms with Crippen LogP contribution in [0.15, 0.2) is 84.9 Å². The second-order valence-electron chi connectivity index (χ2n) is 7.36. The van der Waals surface area contributed by atoms with E-state index in [9.17, 15) is 0 Å². The Labute approximate surface area is 190 Å². The van der Waals surface area contributed by atoms with Gasteiger partial charge in [-0.3, -0.25) is 0 Å². The minimum Gasteiger partial charge on any atom is -0.487 e. The first-order valence-electron chi connectivity index (χ1n) is 10.5. The molecule has 0 radical (unpaired) electrons. The summed E-state index contributed by atoms with van der Waals surface area (Å²) >= 11 is 0. The largest absolute Gasteiger partial charge is 0.487 e. The highest BCUT2D eigenvalue weighted by atomic mass is 16.5. The SMILES string of the molecule is C(=Cc1ccccc1OCc1nnn[nH]1)c1cccc(OCc2ccc3ccccc3n2)c1. The Morgan fingerprint density at radius 2 is 1.70 bits per heavy atom. The van der Waals surface area contributed by atoms with Crippen molar-refractivity contribution < 1.29 is 9.47 Å². The van der Waals surface area contributed by atoms with Gasteiger partial charge in [0.05, 0.1) is 11.2 Å². The predicted molar refractivity (Wildman–Crippen MR) is 126 cm³/mol. The lowest BCUT2D eigenvalue weighted by molar-refractivity contribution is 0.295. The van der Waals surface area contributed by atoms with Crippen LogP contribution in [-0.4, -0.2) is 25.6 Å². The quantitative estimate of drug-likeness (QED) is 0.342. The van der Waals surface area contributed by atoms with Crippen LogP contribution in [0.3, 0.4) is 0 Å². The van der Waals surface area contributed by atoms with Crippen molar-refractivity contribution in [3.05, 3.63) is 108 Å². The molecule has 5 rings (SSSR count). The maximum absolute atomic E-state index is 5.99. The van der Waals surface area contributed by atoms with Gasteiger partial charge >= 0.3 is 0 Å². The molecular weight excluding hydrogens is 414 g/mol. The van der Waals surface area contributed by atoms with Crippen molar-refractivity contribution in [3.63, 3.8) is 0 Å². The first-order chi connectivity index (χ1) is 16.3. The molecule has 7 heteroatoms. The number of nitrogens with zero attached hydrogens (tertiary/aromatic N) is 4. The van der Waals surface area contributed by atoms with Gasteiger partial charge in [0.15, 0.2) is 5.82 Å². The maximum atomic E-state index is 5.99. The van der Waals surface area contributed by atoms with Crippen molar-refractivity contribution in [3.8, 4) is 11.5 Å². The third-order valence-electron chi connectivity index (χ3n) is 5.03. The number of aromatic nitrogens is 5. The topological polar surface area (TPSA) is 85.8 Å². The number of benzene rings is 3. The van der Waals surface area contributed by atoms with E-state index >= 15 is 0 Å². The van der Waals surface area contributed by atoms with Crippen molar-refractivity contribution in [1.82, 2.24) is 25.6 Å². The zero-order valence-electron chi connectivity index (χ0n) is 17.8. The van der Waals surface area contributed by atoms with Crippen LogP contribution >= 0.6 is 0 Å². The molecule has 0 aliphatic heterocycles. The second-order valence-corrected chi connectivity index (χ2v) is 7.36. The van der Waals surface area contributed by atoms with Crippen molar-refractivity contribution in [2.45, 2.75) is 13.2 Å². The standard InChI is InChI=1S/C26H21N5O2/c1-3-10-24-20(7-1)14-15-22(27-24)17-32-23-9-5-6-19(16-23)12-13-21-8-2-4-11-25(21)33-18-26-28-30-31-29-26/h1-16H,17-18H2,(H,28,29,30,31). The highest BCUT2D eigenvalue weighted by Crippen LogP contribution is 2.23. The van der Waals surface area contributed by atoms with E-state index in [-0.39, 0.29) is 6.61 Å². The molecule has 0 unspecified atom stereocenters. The van der Waals surface area contributed by atoms with Crippen molar-refractivity contribution >= 4 is 23.1 Å². The van der Waals surface area contributed by atoms with Gasteiger partial charge in [0.25, 0.3) is 0 Å². The van der Waals surface area contributed by atoms with E-state index in [0.29, 0.717) is 12.4 Å². The molecule has 33 heavy (non-hydrogen) atoms. The molecule has 0 atom stereocenters. The summed E-state index contributed by atoms with van der Waals surface area (Å²) in [5.41, 5.74) is 3.84. The van der Waals surface area contributed by atoms with E-state index in [1.165, 1.54) is 0 Å². The molecule has 1 N–H and O–H groups in total. The zero-order chi connectivity index (χ0) is 22.3. The van der Waals surface area contributed by atoms with Crippen LogP contribution in [0, 0.1) is 0 Å². The Bertz CT molecular complexity index is 1380. The van der Waals surface area contributed by atoms with Crippen LogP contribution in [0.1, 0.15) is 22.6 Å². The number of nitrogens with one attached hydrogen (secondary N) is 1. The van der Waals surface area contributed by atoms with Gasteiger partial charge in [-0.2, -0.15) is 0 Å². The van der Waals surface area contributed by atoms with E-state index < -0.39 is 0 Å². The molecule has 5 aromatic rings. The molecule has 2 heterocycles. The molecule has 0 spiro atoms. The summed E-state index contributed by atoms with van der Waals surface area (Å²) in [5, 5.41) is 14.8. The second kappa shape index (κ2) is 9.74. The number of H-pyrrole nitrogens is 1. The van der Waals surface area contributed by atoms with Crippen molar-refractivity contribution in [2.24, 2.45) is 0 Å². The van der Waals surface area contributed by atoms with Crippen LogP contribution in [-0.2, 0) is 13.2 Å². The summed E-state index contributed by atoms with van der Waals surface area (Å²) in [5.74, 6) is 2.11. The van der Waals surface area contributed by atoms with Crippen LogP contribution in [0.4, 0.5) is 0 Å². The maximum Gasteiger partial charge on any atom is 0.186 e. The molecule has 0 saturated carbocycles. The first-order valence-corrected chi connectivity index (χ1v) is 10.5. The minimum atomic E-state index is 0.268. The number of ether oxygens (including phenoxy) is 2. The molecule has 0 bridgehead atoms. The summed E-state index contributed by atoms with van der Waals surface area (Å²) in [6, 6.07) is 27.9. The lowest BCUT2D eigenvalue weighted by Gasteiger charge is -2.08. The van der Waals surface area contributed by atoms with E-state index in [1.54, 1.807) is 0 Å². The normalized spacial score (nSPS) is 11.2. The fourth-order valence-corrected chi connectivity index (χ4v) is 3.38. The van der Waals surface area contributed by atoms with Crippen LogP contribution in [0.25, 0.3) is 23.1 Å². The van der Waals surface area contributed by atoms with Gasteiger partial charge in [-0.25, -0.2) is 10.1 Å². The average Bonchev–Trinajstić information content (AvgIpc) is 3.39. The zero-order valence-corrected chi connectivity index (χ0v) is 17.8. The number of tetrazole rings is 1. The summed E-state index contributed by atoms with van der Waals surface area (Å²) in [7, 11) is 0. The Balaban J connectivity index is 1.25. The molecule has 2 aromatic heterocycles. The van der Waals surface area contributed by atoms with Crippen LogP contribution in [0.2, 0.25) is 0 Å². The summed E-state index contributed by atoms with van der Waals surface area (Å²) < 4.78 is 11.8. The molecule has 0 amide bonds. The smallest absolute Gasteiger partial charge is 0.186 e. The third kappa shape index (κ3) is 5.22. The highest BCUT2D eigenvalue weighted by molar-refractivity contribution is 5.78. The highest BCUT2D eigenvalue weighted by Gasteiger charge is 2.04. The fraction of sp³-hybridized carbons (Fsp3) is 0.0769. The lowest BCUT2D eigenvalue weighted by atomic mass is 10.1. The molecule has 3 aromatic carbocycles. The van der Waals surface area contributed by atoms with Gasteiger partial charge in [0.2, 0.25) is 0 Å². The van der Waals surface area contributed by atoms with Crippen LogP contribution in [0.5, 0.6) is 11.5 Å². The summed E-state index contributed by atoms with van der Waals surface area (Å²) in [6.45, 7) is 0.676. The van der Waals surface area contributed by atoms with Gasteiger partial charge in [-0.1, -0.05) is 66.7 Å². The number of aromatic amines is 1. The Morgan fingerprint density at radius 3 is 2.64 bits per heavy atom. The monoisotopic (exact) mass is 435 g/mol. The number of pyridine rings is 1. The number of rotatable bonds is 8. The van der Waals surface area contributed by atoms with E-state index in [4.69, 9.17) is 9.47 Å². The van der Waals surface area contributed by atoms with Crippen molar-refractivity contribution in [2.75, 3.05) is 0 Å². The number of hydrogen-bond donors (Lipinski definition) is 1. The third-order valence-corrected chi connectivity index (χ3v) is 5.03. The van der Waals surface area contributed by atoms with Gasteiger partial charge in [0, 0.05) is 10.9 Å². The molecule has 7 nitrogen and oxygen atoms in total. The van der Waals surface area contributed by atoms with Crippen molar-refractivity contribution in [1.29, 1.82) is 0 Å². The van der Waals surface area contributed by atoms with Gasteiger partial charge in [-0.15, -0.1) is 5.10 Å². The van der Waals surface area contributed by atoms with E-state index in [2.05, 4.69) is 37.7 Å². The molecule has 0 aliphatic carbocycles. The summed E-state index contributed by atoms with van der Waals surface area (Å²) in [4.78, 5) is 4.67. The number of fused-ring (bicyclic) bond motifs is 1.